The molecule has 0 bridgehead atoms. The molecule has 3 nitrogen and oxygen atoms in total. The van der Waals surface area contributed by atoms with Crippen LogP contribution in [-0.4, -0.2) is 9.97 Å². The Morgan fingerprint density at radius 3 is 2.41 bits per heavy atom. The van der Waals surface area contributed by atoms with Crippen molar-refractivity contribution in [2.75, 3.05) is 0 Å². The lowest BCUT2D eigenvalue weighted by Gasteiger charge is -2.05. The van der Waals surface area contributed by atoms with E-state index >= 15 is 0 Å². The van der Waals surface area contributed by atoms with Crippen LogP contribution in [0.1, 0.15) is 23.9 Å². The van der Waals surface area contributed by atoms with Crippen molar-refractivity contribution in [1.29, 1.82) is 0 Å². The zero-order chi connectivity index (χ0) is 12.3. The van der Waals surface area contributed by atoms with Crippen LogP contribution < -0.4 is 5.73 Å². The van der Waals surface area contributed by atoms with Gasteiger partial charge in [0.15, 0.2) is 5.82 Å². The van der Waals surface area contributed by atoms with Gasteiger partial charge in [-0.1, -0.05) is 31.2 Å². The molecule has 2 rings (SSSR count). The standard InChI is InChI=1S/C14H17N3/c1-3-11-4-6-12(7-5-11)14-16-10(2)8-13(9-15)17-14/h4-8H,3,9,15H2,1-2H3. The van der Waals surface area contributed by atoms with Crippen molar-refractivity contribution in [2.24, 2.45) is 5.73 Å². The van der Waals surface area contributed by atoms with Crippen LogP contribution in [0.4, 0.5) is 0 Å². The molecule has 2 aromatic rings. The molecule has 0 spiro atoms. The SMILES string of the molecule is CCc1ccc(-c2nc(C)cc(CN)n2)cc1. The van der Waals surface area contributed by atoms with Crippen LogP contribution in [0.5, 0.6) is 0 Å². The molecule has 0 atom stereocenters. The molecule has 17 heavy (non-hydrogen) atoms. The number of nitrogens with two attached hydrogens (primary N) is 1. The highest BCUT2D eigenvalue weighted by atomic mass is 14.9. The summed E-state index contributed by atoms with van der Waals surface area (Å²) in [7, 11) is 0. The van der Waals surface area contributed by atoms with E-state index in [0.717, 1.165) is 29.2 Å². The van der Waals surface area contributed by atoms with Gasteiger partial charge >= 0.3 is 0 Å². The predicted molar refractivity (Wildman–Crippen MR) is 69.5 cm³/mol. The number of hydrogen-bond acceptors (Lipinski definition) is 3. The van der Waals surface area contributed by atoms with E-state index in [0.29, 0.717) is 6.54 Å². The fraction of sp³-hybridized carbons (Fsp3) is 0.286. The third-order valence-electron chi connectivity index (χ3n) is 2.74. The van der Waals surface area contributed by atoms with Gasteiger partial charge in [0.2, 0.25) is 0 Å². The Bertz CT molecular complexity index is 503. The van der Waals surface area contributed by atoms with Crippen LogP contribution in [0.3, 0.4) is 0 Å². The first kappa shape index (κ1) is 11.7. The van der Waals surface area contributed by atoms with Gasteiger partial charge < -0.3 is 5.73 Å². The van der Waals surface area contributed by atoms with Crippen molar-refractivity contribution < 1.29 is 0 Å². The molecule has 1 aromatic carbocycles. The molecule has 0 saturated carbocycles. The maximum atomic E-state index is 5.62. The molecule has 0 radical (unpaired) electrons. The Balaban J connectivity index is 2.41. The van der Waals surface area contributed by atoms with Crippen LogP contribution in [0.2, 0.25) is 0 Å². The topological polar surface area (TPSA) is 51.8 Å². The minimum atomic E-state index is 0.448. The first-order valence-corrected chi connectivity index (χ1v) is 5.87. The molecule has 0 aliphatic carbocycles. The summed E-state index contributed by atoms with van der Waals surface area (Å²) in [4.78, 5) is 8.88. The van der Waals surface area contributed by atoms with Gasteiger partial charge in [0.25, 0.3) is 0 Å². The molecule has 2 N–H and O–H groups in total. The molecule has 0 unspecified atom stereocenters. The van der Waals surface area contributed by atoms with Crippen LogP contribution in [0, 0.1) is 6.92 Å². The normalized spacial score (nSPS) is 10.5. The Kier molecular flexibility index (Phi) is 3.49. The van der Waals surface area contributed by atoms with Crippen molar-refractivity contribution in [3.05, 3.63) is 47.3 Å². The molecule has 0 amide bonds. The molecule has 1 aromatic heterocycles. The van der Waals surface area contributed by atoms with E-state index in [1.807, 2.05) is 13.0 Å². The zero-order valence-corrected chi connectivity index (χ0v) is 10.3. The molecule has 3 heteroatoms. The van der Waals surface area contributed by atoms with E-state index in [9.17, 15) is 0 Å². The smallest absolute Gasteiger partial charge is 0.159 e. The van der Waals surface area contributed by atoms with Crippen LogP contribution in [-0.2, 0) is 13.0 Å². The summed E-state index contributed by atoms with van der Waals surface area (Å²) in [5.74, 6) is 0.758. The van der Waals surface area contributed by atoms with Gasteiger partial charge in [-0.3, -0.25) is 0 Å². The van der Waals surface area contributed by atoms with Crippen molar-refractivity contribution in [2.45, 2.75) is 26.8 Å². The number of nitrogens with zero attached hydrogens (tertiary/aromatic N) is 2. The quantitative estimate of drug-likeness (QED) is 0.876. The van der Waals surface area contributed by atoms with Gasteiger partial charge in [-0.15, -0.1) is 0 Å². The fourth-order valence-corrected chi connectivity index (χ4v) is 1.76. The lowest BCUT2D eigenvalue weighted by molar-refractivity contribution is 0.953. The molecule has 1 heterocycles. The summed E-state index contributed by atoms with van der Waals surface area (Å²) in [6.45, 7) is 4.55. The highest BCUT2D eigenvalue weighted by Gasteiger charge is 2.04. The maximum Gasteiger partial charge on any atom is 0.159 e. The van der Waals surface area contributed by atoms with Gasteiger partial charge in [-0.25, -0.2) is 9.97 Å². The van der Waals surface area contributed by atoms with Gasteiger partial charge in [0.1, 0.15) is 0 Å². The van der Waals surface area contributed by atoms with Crippen LogP contribution in [0.25, 0.3) is 11.4 Å². The molecule has 0 fully saturated rings. The second-order valence-electron chi connectivity index (χ2n) is 4.08. The van der Waals surface area contributed by atoms with Gasteiger partial charge in [-0.2, -0.15) is 0 Å². The monoisotopic (exact) mass is 227 g/mol. The highest BCUT2D eigenvalue weighted by Crippen LogP contribution is 2.17. The lowest BCUT2D eigenvalue weighted by Crippen LogP contribution is -2.03. The average molecular weight is 227 g/mol. The number of benzene rings is 1. The Labute approximate surface area is 102 Å². The molecule has 88 valence electrons. The van der Waals surface area contributed by atoms with Crippen molar-refractivity contribution >= 4 is 0 Å². The molecule has 0 aliphatic rings. The second-order valence-corrected chi connectivity index (χ2v) is 4.08. The molecular weight excluding hydrogens is 210 g/mol. The summed E-state index contributed by atoms with van der Waals surface area (Å²) in [6.07, 6.45) is 1.04. The minimum absolute atomic E-state index is 0.448. The van der Waals surface area contributed by atoms with Crippen molar-refractivity contribution in [3.63, 3.8) is 0 Å². The summed E-state index contributed by atoms with van der Waals surface area (Å²) in [6, 6.07) is 10.3. The van der Waals surface area contributed by atoms with E-state index < -0.39 is 0 Å². The minimum Gasteiger partial charge on any atom is -0.325 e. The first-order chi connectivity index (χ1) is 8.22. The maximum absolute atomic E-state index is 5.62. The number of aromatic nitrogens is 2. The number of rotatable bonds is 3. The summed E-state index contributed by atoms with van der Waals surface area (Å²) >= 11 is 0. The van der Waals surface area contributed by atoms with Gasteiger partial charge in [-0.05, 0) is 25.0 Å². The zero-order valence-electron chi connectivity index (χ0n) is 10.3. The lowest BCUT2D eigenvalue weighted by atomic mass is 10.1. The first-order valence-electron chi connectivity index (χ1n) is 5.87. The number of hydrogen-bond donors (Lipinski definition) is 1. The Morgan fingerprint density at radius 1 is 1.12 bits per heavy atom. The van der Waals surface area contributed by atoms with Gasteiger partial charge in [0, 0.05) is 17.8 Å². The van der Waals surface area contributed by atoms with Crippen molar-refractivity contribution in [3.8, 4) is 11.4 Å². The highest BCUT2D eigenvalue weighted by molar-refractivity contribution is 5.55. The third kappa shape index (κ3) is 2.68. The largest absolute Gasteiger partial charge is 0.325 e. The van der Waals surface area contributed by atoms with Crippen LogP contribution in [0.15, 0.2) is 30.3 Å². The molecular formula is C14H17N3. The summed E-state index contributed by atoms with van der Waals surface area (Å²) in [5.41, 5.74) is 9.82. The van der Waals surface area contributed by atoms with Gasteiger partial charge in [0.05, 0.1) is 5.69 Å². The second kappa shape index (κ2) is 5.06. The fourth-order valence-electron chi connectivity index (χ4n) is 1.76. The predicted octanol–water partition coefficient (Wildman–Crippen LogP) is 2.47. The van der Waals surface area contributed by atoms with E-state index in [2.05, 4.69) is 41.2 Å². The Hall–Kier alpha value is -1.74. The van der Waals surface area contributed by atoms with E-state index in [4.69, 9.17) is 5.73 Å². The number of aryl methyl sites for hydroxylation is 2. The van der Waals surface area contributed by atoms with E-state index in [1.165, 1.54) is 5.56 Å². The molecule has 0 saturated heterocycles. The van der Waals surface area contributed by atoms with Crippen LogP contribution >= 0.6 is 0 Å². The molecule has 0 aliphatic heterocycles. The summed E-state index contributed by atoms with van der Waals surface area (Å²) < 4.78 is 0. The Morgan fingerprint density at radius 2 is 1.82 bits per heavy atom. The average Bonchev–Trinajstić information content (AvgIpc) is 2.38. The van der Waals surface area contributed by atoms with Crippen molar-refractivity contribution in [1.82, 2.24) is 9.97 Å². The summed E-state index contributed by atoms with van der Waals surface area (Å²) in [5, 5.41) is 0. The third-order valence-corrected chi connectivity index (χ3v) is 2.74. The van der Waals surface area contributed by atoms with E-state index in [1.54, 1.807) is 0 Å². The van der Waals surface area contributed by atoms with E-state index in [-0.39, 0.29) is 0 Å².